The van der Waals surface area contributed by atoms with Crippen LogP contribution in [0.15, 0.2) is 66.5 Å². The maximum Gasteiger partial charge on any atom is 0.127 e. The van der Waals surface area contributed by atoms with Crippen molar-refractivity contribution < 1.29 is 4.74 Å². The van der Waals surface area contributed by atoms with Gasteiger partial charge in [0.2, 0.25) is 0 Å². The average molecular weight is 228 g/mol. The van der Waals surface area contributed by atoms with Crippen molar-refractivity contribution in [3.63, 3.8) is 0 Å². The zero-order valence-corrected chi connectivity index (χ0v) is 10.8. The van der Waals surface area contributed by atoms with E-state index in [9.17, 15) is 0 Å². The first kappa shape index (κ1) is 13.3. The first-order chi connectivity index (χ1) is 8.17. The molecule has 0 amide bonds. The molecule has 0 aliphatic heterocycles. The van der Waals surface area contributed by atoms with Gasteiger partial charge >= 0.3 is 0 Å². The lowest BCUT2D eigenvalue weighted by Gasteiger charge is -2.10. The van der Waals surface area contributed by atoms with Gasteiger partial charge in [0.15, 0.2) is 0 Å². The van der Waals surface area contributed by atoms with Crippen LogP contribution in [-0.2, 0) is 0 Å². The maximum atomic E-state index is 5.78. The molecular weight excluding hydrogens is 208 g/mol. The van der Waals surface area contributed by atoms with Crippen molar-refractivity contribution >= 4 is 0 Å². The lowest BCUT2D eigenvalue weighted by Crippen LogP contribution is -1.96. The molecule has 0 saturated carbocycles. The number of allylic oxidation sites excluding steroid dienone is 4. The quantitative estimate of drug-likeness (QED) is 0.522. The van der Waals surface area contributed by atoms with Gasteiger partial charge in [-0.15, -0.1) is 0 Å². The Balaban J connectivity index is 2.84. The second-order valence-corrected chi connectivity index (χ2v) is 4.11. The first-order valence-electron chi connectivity index (χ1n) is 5.90. The molecule has 17 heavy (non-hydrogen) atoms. The summed E-state index contributed by atoms with van der Waals surface area (Å²) < 4.78 is 5.78. The predicted octanol–water partition coefficient (Wildman–Crippen LogP) is 4.74. The number of benzene rings is 1. The SMILES string of the molecule is C=C/C(=C\C(=C/C)Oc1ccccc1)C(C)C. The minimum absolute atomic E-state index is 0.446. The Morgan fingerprint density at radius 3 is 2.35 bits per heavy atom. The molecule has 0 spiro atoms. The Morgan fingerprint density at radius 2 is 1.88 bits per heavy atom. The molecule has 1 rings (SSSR count). The fraction of sp³-hybridized carbons (Fsp3) is 0.250. The summed E-state index contributed by atoms with van der Waals surface area (Å²) in [6.07, 6.45) is 5.87. The van der Waals surface area contributed by atoms with Gasteiger partial charge in [-0.2, -0.15) is 0 Å². The molecule has 1 aromatic carbocycles. The molecular formula is C16H20O. The minimum atomic E-state index is 0.446. The van der Waals surface area contributed by atoms with E-state index in [2.05, 4.69) is 20.4 Å². The highest BCUT2D eigenvalue weighted by atomic mass is 16.5. The highest BCUT2D eigenvalue weighted by Crippen LogP contribution is 2.17. The van der Waals surface area contributed by atoms with Crippen molar-refractivity contribution in [2.24, 2.45) is 5.92 Å². The van der Waals surface area contributed by atoms with Gasteiger partial charge in [0.25, 0.3) is 0 Å². The molecule has 0 fully saturated rings. The average Bonchev–Trinajstić information content (AvgIpc) is 2.35. The molecule has 1 aromatic rings. The Labute approximate surface area is 104 Å². The standard InChI is InChI=1S/C16H20O/c1-5-14(13(3)4)12-15(6-2)17-16-10-8-7-9-11-16/h5-13H,1H2,2-4H3/b14-12+,15-6+. The van der Waals surface area contributed by atoms with Crippen molar-refractivity contribution in [2.75, 3.05) is 0 Å². The molecule has 0 bridgehead atoms. The number of rotatable bonds is 5. The van der Waals surface area contributed by atoms with Crippen LogP contribution in [0.3, 0.4) is 0 Å². The van der Waals surface area contributed by atoms with E-state index in [1.54, 1.807) is 0 Å². The zero-order valence-electron chi connectivity index (χ0n) is 10.8. The maximum absolute atomic E-state index is 5.78. The van der Waals surface area contributed by atoms with E-state index in [0.717, 1.165) is 11.5 Å². The molecule has 1 heteroatoms. The lowest BCUT2D eigenvalue weighted by atomic mass is 10.0. The van der Waals surface area contributed by atoms with Crippen molar-refractivity contribution in [1.82, 2.24) is 0 Å². The van der Waals surface area contributed by atoms with Gasteiger partial charge in [-0.05, 0) is 42.7 Å². The molecule has 0 aliphatic rings. The fourth-order valence-electron chi connectivity index (χ4n) is 1.42. The van der Waals surface area contributed by atoms with Crippen LogP contribution in [0, 0.1) is 5.92 Å². The van der Waals surface area contributed by atoms with Gasteiger partial charge in [0.05, 0.1) is 0 Å². The van der Waals surface area contributed by atoms with E-state index in [4.69, 9.17) is 4.74 Å². The van der Waals surface area contributed by atoms with Crippen LogP contribution >= 0.6 is 0 Å². The molecule has 0 aromatic heterocycles. The van der Waals surface area contributed by atoms with Gasteiger partial charge in [-0.3, -0.25) is 0 Å². The molecule has 0 radical (unpaired) electrons. The Kier molecular flexibility index (Phi) is 5.28. The highest BCUT2D eigenvalue weighted by Gasteiger charge is 2.02. The third-order valence-electron chi connectivity index (χ3n) is 2.47. The summed E-state index contributed by atoms with van der Waals surface area (Å²) >= 11 is 0. The minimum Gasteiger partial charge on any atom is -0.458 e. The normalized spacial score (nSPS) is 12.7. The third-order valence-corrected chi connectivity index (χ3v) is 2.47. The molecule has 0 aliphatic carbocycles. The molecule has 90 valence electrons. The second kappa shape index (κ2) is 6.74. The van der Waals surface area contributed by atoms with Crippen molar-refractivity contribution in [3.05, 3.63) is 66.5 Å². The Hall–Kier alpha value is -1.76. The number of para-hydroxylation sites is 1. The third kappa shape index (κ3) is 4.31. The smallest absolute Gasteiger partial charge is 0.127 e. The van der Waals surface area contributed by atoms with Crippen LogP contribution in [0.25, 0.3) is 0 Å². The highest BCUT2D eigenvalue weighted by molar-refractivity contribution is 5.31. The van der Waals surface area contributed by atoms with Gasteiger partial charge in [-0.25, -0.2) is 0 Å². The summed E-state index contributed by atoms with van der Waals surface area (Å²) in [5.41, 5.74) is 1.18. The summed E-state index contributed by atoms with van der Waals surface area (Å²) in [5, 5.41) is 0. The van der Waals surface area contributed by atoms with E-state index >= 15 is 0 Å². The predicted molar refractivity (Wildman–Crippen MR) is 73.9 cm³/mol. The summed E-state index contributed by atoms with van der Waals surface area (Å²) in [5.74, 6) is 2.14. The van der Waals surface area contributed by atoms with Gasteiger partial charge in [0, 0.05) is 0 Å². The van der Waals surface area contributed by atoms with Crippen molar-refractivity contribution in [1.29, 1.82) is 0 Å². The zero-order chi connectivity index (χ0) is 12.7. The Bertz CT molecular complexity index is 410. The summed E-state index contributed by atoms with van der Waals surface area (Å²) in [7, 11) is 0. The van der Waals surface area contributed by atoms with Crippen molar-refractivity contribution in [3.8, 4) is 5.75 Å². The van der Waals surface area contributed by atoms with Crippen LogP contribution in [-0.4, -0.2) is 0 Å². The molecule has 0 atom stereocenters. The monoisotopic (exact) mass is 228 g/mol. The van der Waals surface area contributed by atoms with E-state index in [-0.39, 0.29) is 0 Å². The molecule has 0 unspecified atom stereocenters. The topological polar surface area (TPSA) is 9.23 Å². The summed E-state index contributed by atoms with van der Waals surface area (Å²) in [6, 6.07) is 9.79. The Morgan fingerprint density at radius 1 is 1.24 bits per heavy atom. The van der Waals surface area contributed by atoms with Gasteiger partial charge < -0.3 is 4.74 Å². The summed E-state index contributed by atoms with van der Waals surface area (Å²) in [4.78, 5) is 0. The molecule has 0 heterocycles. The van der Waals surface area contributed by atoms with Crippen LogP contribution in [0.4, 0.5) is 0 Å². The first-order valence-corrected chi connectivity index (χ1v) is 5.90. The van der Waals surface area contributed by atoms with Crippen molar-refractivity contribution in [2.45, 2.75) is 20.8 Å². The van der Waals surface area contributed by atoms with E-state index in [1.807, 2.05) is 55.5 Å². The molecule has 0 saturated heterocycles. The van der Waals surface area contributed by atoms with Crippen LogP contribution in [0.5, 0.6) is 5.75 Å². The second-order valence-electron chi connectivity index (χ2n) is 4.11. The van der Waals surface area contributed by atoms with Gasteiger partial charge in [-0.1, -0.05) is 44.7 Å². The van der Waals surface area contributed by atoms with Gasteiger partial charge in [0.1, 0.15) is 11.5 Å². The number of hydrogen-bond acceptors (Lipinski definition) is 1. The fourth-order valence-corrected chi connectivity index (χ4v) is 1.42. The number of ether oxygens (including phenoxy) is 1. The van der Waals surface area contributed by atoms with E-state index in [0.29, 0.717) is 5.92 Å². The van der Waals surface area contributed by atoms with Crippen LogP contribution in [0.2, 0.25) is 0 Å². The summed E-state index contributed by atoms with van der Waals surface area (Å²) in [6.45, 7) is 10.1. The molecule has 1 nitrogen and oxygen atoms in total. The van der Waals surface area contributed by atoms with E-state index < -0.39 is 0 Å². The molecule has 0 N–H and O–H groups in total. The largest absolute Gasteiger partial charge is 0.458 e. The van der Waals surface area contributed by atoms with Crippen LogP contribution < -0.4 is 4.74 Å². The van der Waals surface area contributed by atoms with E-state index in [1.165, 1.54) is 5.57 Å². The van der Waals surface area contributed by atoms with Crippen LogP contribution in [0.1, 0.15) is 20.8 Å². The lowest BCUT2D eigenvalue weighted by molar-refractivity contribution is 0.442. The number of hydrogen-bond donors (Lipinski definition) is 0.